The Bertz CT molecular complexity index is 1070. The van der Waals surface area contributed by atoms with Crippen LogP contribution < -0.4 is 10.6 Å². The molecule has 1 atom stereocenters. The van der Waals surface area contributed by atoms with E-state index in [2.05, 4.69) is 15.6 Å². The Hall–Kier alpha value is -3.04. The summed E-state index contributed by atoms with van der Waals surface area (Å²) in [5.41, 5.74) is 0.692. The normalized spacial score (nSPS) is 14.8. The first-order chi connectivity index (χ1) is 16.6. The van der Waals surface area contributed by atoms with E-state index in [-0.39, 0.29) is 36.9 Å². The third kappa shape index (κ3) is 6.30. The smallest absolute Gasteiger partial charge is 0.261 e. The SMILES string of the molecule is O=C(NCC(=O)N(Cc1cccs1)[C@H](C(=O)NC1CCCCC1)c1ccncc1)c1cccs1. The number of hydrogen-bond donors (Lipinski definition) is 2. The molecular formula is C25H28N4O3S2. The number of thiophene rings is 2. The summed E-state index contributed by atoms with van der Waals surface area (Å²) in [6.07, 6.45) is 8.53. The highest BCUT2D eigenvalue weighted by molar-refractivity contribution is 7.12. The van der Waals surface area contributed by atoms with Crippen molar-refractivity contribution in [2.75, 3.05) is 6.54 Å². The molecular weight excluding hydrogens is 468 g/mol. The Labute approximate surface area is 207 Å². The fourth-order valence-electron chi connectivity index (χ4n) is 4.19. The lowest BCUT2D eigenvalue weighted by Crippen LogP contribution is -2.49. The molecule has 1 fully saturated rings. The molecule has 3 heterocycles. The summed E-state index contributed by atoms with van der Waals surface area (Å²) in [5, 5.41) is 9.65. The number of carbonyl (C=O) groups is 3. The fourth-order valence-corrected chi connectivity index (χ4v) is 5.53. The van der Waals surface area contributed by atoms with Crippen molar-refractivity contribution in [3.8, 4) is 0 Å². The molecule has 0 saturated heterocycles. The lowest BCUT2D eigenvalue weighted by molar-refractivity contribution is -0.141. The average molecular weight is 497 g/mol. The van der Waals surface area contributed by atoms with Gasteiger partial charge in [-0.1, -0.05) is 31.4 Å². The number of rotatable bonds is 9. The molecule has 2 N–H and O–H groups in total. The number of carbonyl (C=O) groups excluding carboxylic acids is 3. The standard InChI is InChI=1S/C25H28N4O3S2/c30-22(16-27-24(31)21-9-5-15-34-21)29(17-20-8-4-14-33-20)23(18-10-12-26-13-11-18)25(32)28-19-6-2-1-3-7-19/h4-5,8-15,19,23H,1-3,6-7,16-17H2,(H,27,31)(H,28,32)/t23-/m0/s1. The summed E-state index contributed by atoms with van der Waals surface area (Å²) in [6.45, 7) is 0.0802. The van der Waals surface area contributed by atoms with Crippen LogP contribution >= 0.6 is 22.7 Å². The van der Waals surface area contributed by atoms with Gasteiger partial charge in [0.05, 0.1) is 18.0 Å². The predicted octanol–water partition coefficient (Wildman–Crippen LogP) is 4.15. The molecule has 1 aliphatic rings. The summed E-state index contributed by atoms with van der Waals surface area (Å²) in [6, 6.07) is 10.2. The summed E-state index contributed by atoms with van der Waals surface area (Å²) in [5.74, 6) is -0.821. The molecule has 3 aromatic heterocycles. The Morgan fingerprint density at radius 3 is 2.41 bits per heavy atom. The van der Waals surface area contributed by atoms with E-state index < -0.39 is 6.04 Å². The van der Waals surface area contributed by atoms with Crippen LogP contribution in [-0.2, 0) is 16.1 Å². The maximum Gasteiger partial charge on any atom is 0.261 e. The maximum atomic E-state index is 13.6. The highest BCUT2D eigenvalue weighted by Gasteiger charge is 2.33. The van der Waals surface area contributed by atoms with Crippen molar-refractivity contribution in [2.24, 2.45) is 0 Å². The molecule has 0 bridgehead atoms. The number of nitrogens with one attached hydrogen (secondary N) is 2. The van der Waals surface area contributed by atoms with Crippen LogP contribution in [0.15, 0.2) is 59.6 Å². The van der Waals surface area contributed by atoms with Crippen LogP contribution in [0, 0.1) is 0 Å². The van der Waals surface area contributed by atoms with Crippen molar-refractivity contribution in [1.29, 1.82) is 0 Å². The average Bonchev–Trinajstić information content (AvgIpc) is 3.58. The zero-order chi connectivity index (χ0) is 23.8. The first-order valence-corrected chi connectivity index (χ1v) is 13.2. The minimum absolute atomic E-state index is 0.114. The quantitative estimate of drug-likeness (QED) is 0.466. The van der Waals surface area contributed by atoms with E-state index in [0.29, 0.717) is 10.4 Å². The summed E-state index contributed by atoms with van der Waals surface area (Å²) < 4.78 is 0. The summed E-state index contributed by atoms with van der Waals surface area (Å²) in [7, 11) is 0. The Morgan fingerprint density at radius 1 is 1.00 bits per heavy atom. The molecule has 0 radical (unpaired) electrons. The largest absolute Gasteiger partial charge is 0.351 e. The van der Waals surface area contributed by atoms with E-state index in [1.165, 1.54) is 29.1 Å². The van der Waals surface area contributed by atoms with Gasteiger partial charge in [-0.05, 0) is 53.4 Å². The second-order valence-corrected chi connectivity index (χ2v) is 10.3. The Balaban J connectivity index is 1.58. The molecule has 9 heteroatoms. The van der Waals surface area contributed by atoms with Gasteiger partial charge in [-0.25, -0.2) is 0 Å². The summed E-state index contributed by atoms with van der Waals surface area (Å²) >= 11 is 2.84. The molecule has 0 unspecified atom stereocenters. The van der Waals surface area contributed by atoms with E-state index in [4.69, 9.17) is 0 Å². The molecule has 3 amide bonds. The minimum Gasteiger partial charge on any atom is -0.351 e. The van der Waals surface area contributed by atoms with E-state index >= 15 is 0 Å². The molecule has 178 valence electrons. The van der Waals surface area contributed by atoms with Crippen molar-refractivity contribution in [1.82, 2.24) is 20.5 Å². The van der Waals surface area contributed by atoms with Gasteiger partial charge in [0.15, 0.2) is 0 Å². The first kappa shape index (κ1) is 24.1. The van der Waals surface area contributed by atoms with Gasteiger partial charge in [0.2, 0.25) is 11.8 Å². The van der Waals surface area contributed by atoms with Crippen LogP contribution in [-0.4, -0.2) is 40.2 Å². The van der Waals surface area contributed by atoms with Gasteiger partial charge < -0.3 is 15.5 Å². The Kier molecular flexibility index (Phi) is 8.43. The van der Waals surface area contributed by atoms with Crippen molar-refractivity contribution >= 4 is 40.4 Å². The Morgan fingerprint density at radius 2 is 1.74 bits per heavy atom. The molecule has 34 heavy (non-hydrogen) atoms. The topological polar surface area (TPSA) is 91.4 Å². The second-order valence-electron chi connectivity index (χ2n) is 8.29. The number of nitrogens with zero attached hydrogens (tertiary/aromatic N) is 2. The molecule has 0 aliphatic heterocycles. The van der Waals surface area contributed by atoms with E-state index in [1.807, 2.05) is 22.9 Å². The lowest BCUT2D eigenvalue weighted by atomic mass is 9.94. The molecule has 1 saturated carbocycles. The van der Waals surface area contributed by atoms with Gasteiger partial charge >= 0.3 is 0 Å². The first-order valence-electron chi connectivity index (χ1n) is 11.5. The number of aromatic nitrogens is 1. The highest BCUT2D eigenvalue weighted by Crippen LogP contribution is 2.26. The predicted molar refractivity (Wildman–Crippen MR) is 134 cm³/mol. The van der Waals surface area contributed by atoms with Gasteiger partial charge in [-0.2, -0.15) is 0 Å². The third-order valence-corrected chi connectivity index (χ3v) is 7.63. The van der Waals surface area contributed by atoms with Gasteiger partial charge in [0, 0.05) is 23.3 Å². The number of hydrogen-bond acceptors (Lipinski definition) is 6. The van der Waals surface area contributed by atoms with Crippen molar-refractivity contribution in [3.05, 3.63) is 74.9 Å². The van der Waals surface area contributed by atoms with Crippen LogP contribution in [0.4, 0.5) is 0 Å². The molecule has 0 aromatic carbocycles. The third-order valence-electron chi connectivity index (χ3n) is 5.91. The fraction of sp³-hybridized carbons (Fsp3) is 0.360. The van der Waals surface area contributed by atoms with Crippen LogP contribution in [0.5, 0.6) is 0 Å². The maximum absolute atomic E-state index is 13.6. The number of pyridine rings is 1. The number of amides is 3. The van der Waals surface area contributed by atoms with Crippen molar-refractivity contribution in [3.63, 3.8) is 0 Å². The zero-order valence-electron chi connectivity index (χ0n) is 18.8. The van der Waals surface area contributed by atoms with Crippen molar-refractivity contribution in [2.45, 2.75) is 50.7 Å². The monoisotopic (exact) mass is 496 g/mol. The van der Waals surface area contributed by atoms with Gasteiger partial charge in [0.25, 0.3) is 5.91 Å². The molecule has 4 rings (SSSR count). The van der Waals surface area contributed by atoms with Gasteiger partial charge in [0.1, 0.15) is 6.04 Å². The van der Waals surface area contributed by atoms with Gasteiger partial charge in [-0.3, -0.25) is 19.4 Å². The van der Waals surface area contributed by atoms with Crippen molar-refractivity contribution < 1.29 is 14.4 Å². The van der Waals surface area contributed by atoms with E-state index in [1.54, 1.807) is 41.6 Å². The zero-order valence-corrected chi connectivity index (χ0v) is 20.4. The lowest BCUT2D eigenvalue weighted by Gasteiger charge is -2.33. The van der Waals surface area contributed by atoms with E-state index in [0.717, 1.165) is 30.6 Å². The second kappa shape index (κ2) is 11.9. The van der Waals surface area contributed by atoms with Gasteiger partial charge in [-0.15, -0.1) is 22.7 Å². The van der Waals surface area contributed by atoms with Crippen LogP contribution in [0.25, 0.3) is 0 Å². The molecule has 7 nitrogen and oxygen atoms in total. The highest BCUT2D eigenvalue weighted by atomic mass is 32.1. The molecule has 0 spiro atoms. The van der Waals surface area contributed by atoms with E-state index in [9.17, 15) is 14.4 Å². The summed E-state index contributed by atoms with van der Waals surface area (Å²) in [4.78, 5) is 46.7. The van der Waals surface area contributed by atoms with Crippen LogP contribution in [0.1, 0.15) is 58.3 Å². The van der Waals surface area contributed by atoms with Crippen LogP contribution in [0.3, 0.4) is 0 Å². The van der Waals surface area contributed by atoms with Crippen LogP contribution in [0.2, 0.25) is 0 Å². The minimum atomic E-state index is -0.821. The molecule has 1 aliphatic carbocycles. The molecule has 3 aromatic rings.